The topological polar surface area (TPSA) is 69.2 Å². The average molecular weight is 539 g/mol. The van der Waals surface area contributed by atoms with Crippen LogP contribution in [-0.4, -0.2) is 46.5 Å². The number of thiazole rings is 1. The summed E-state index contributed by atoms with van der Waals surface area (Å²) in [7, 11) is 3.82. The Bertz CT molecular complexity index is 942. The molecule has 0 aliphatic carbocycles. The predicted octanol–water partition coefficient (Wildman–Crippen LogP) is 4.70. The molecule has 0 aliphatic heterocycles. The first-order valence-electron chi connectivity index (χ1n) is 9.83. The van der Waals surface area contributed by atoms with Gasteiger partial charge in [-0.2, -0.15) is 0 Å². The molecule has 0 radical (unpaired) electrons. The third kappa shape index (κ3) is 6.53. The molecule has 0 unspecified atom stereocenters. The van der Waals surface area contributed by atoms with Crippen LogP contribution in [0.2, 0.25) is 0 Å². The standard InChI is InChI=1S/C22H30N6S.HI/c1-22(2,3)18-15-29-20(27-18)11-12-24-21(23-4)28(5)14-19-25-13-17(26-19)16-9-7-6-8-10-16;/h6-10,13,15H,11-12,14H2,1-5H3,(H,23,24)(H,25,26);1H. The first-order valence-corrected chi connectivity index (χ1v) is 10.7. The summed E-state index contributed by atoms with van der Waals surface area (Å²) in [6, 6.07) is 10.2. The Morgan fingerprint density at radius 2 is 1.97 bits per heavy atom. The van der Waals surface area contributed by atoms with Crippen molar-refractivity contribution < 1.29 is 0 Å². The Morgan fingerprint density at radius 1 is 1.23 bits per heavy atom. The summed E-state index contributed by atoms with van der Waals surface area (Å²) in [5, 5.41) is 6.74. The molecule has 0 aliphatic rings. The first-order chi connectivity index (χ1) is 13.9. The van der Waals surface area contributed by atoms with Gasteiger partial charge in [-0.1, -0.05) is 51.1 Å². The van der Waals surface area contributed by atoms with E-state index in [1.54, 1.807) is 18.4 Å². The second-order valence-electron chi connectivity index (χ2n) is 8.07. The minimum atomic E-state index is 0. The van der Waals surface area contributed by atoms with Crippen LogP contribution in [-0.2, 0) is 18.4 Å². The van der Waals surface area contributed by atoms with E-state index < -0.39 is 0 Å². The van der Waals surface area contributed by atoms with E-state index in [9.17, 15) is 0 Å². The quantitative estimate of drug-likeness (QED) is 0.271. The highest BCUT2D eigenvalue weighted by atomic mass is 127. The number of aromatic amines is 1. The summed E-state index contributed by atoms with van der Waals surface area (Å²) >= 11 is 1.73. The lowest BCUT2D eigenvalue weighted by atomic mass is 9.93. The maximum Gasteiger partial charge on any atom is 0.193 e. The van der Waals surface area contributed by atoms with Crippen molar-refractivity contribution in [2.45, 2.75) is 39.2 Å². The number of aliphatic imine (C=N–C) groups is 1. The molecule has 1 aromatic carbocycles. The number of nitrogens with one attached hydrogen (secondary N) is 2. The third-order valence-corrected chi connectivity index (χ3v) is 5.52. The molecule has 6 nitrogen and oxygen atoms in total. The number of hydrogen-bond acceptors (Lipinski definition) is 4. The molecule has 162 valence electrons. The van der Waals surface area contributed by atoms with Gasteiger partial charge in [0.15, 0.2) is 5.96 Å². The lowest BCUT2D eigenvalue weighted by Crippen LogP contribution is -2.39. The normalized spacial score (nSPS) is 11.8. The smallest absolute Gasteiger partial charge is 0.193 e. The van der Waals surface area contributed by atoms with Crippen LogP contribution < -0.4 is 5.32 Å². The van der Waals surface area contributed by atoms with E-state index in [0.29, 0.717) is 6.54 Å². The molecule has 2 N–H and O–H groups in total. The van der Waals surface area contributed by atoms with Crippen LogP contribution in [0.15, 0.2) is 46.9 Å². The SMILES string of the molecule is CN=C(NCCc1nc(C(C)(C)C)cs1)N(C)Cc1ncc(-c2ccccc2)[nH]1.I. The summed E-state index contributed by atoms with van der Waals surface area (Å²) < 4.78 is 0. The van der Waals surface area contributed by atoms with E-state index in [2.05, 4.69) is 63.5 Å². The molecule has 2 aromatic heterocycles. The van der Waals surface area contributed by atoms with Gasteiger partial charge in [0.05, 0.1) is 29.1 Å². The number of imidazole rings is 1. The van der Waals surface area contributed by atoms with Crippen molar-refractivity contribution in [2.75, 3.05) is 20.6 Å². The van der Waals surface area contributed by atoms with Crippen molar-refractivity contribution in [3.05, 3.63) is 58.4 Å². The van der Waals surface area contributed by atoms with Crippen LogP contribution in [0.3, 0.4) is 0 Å². The second kappa shape index (κ2) is 10.9. The van der Waals surface area contributed by atoms with Crippen LogP contribution in [0.1, 0.15) is 37.3 Å². The van der Waals surface area contributed by atoms with Gasteiger partial charge in [-0.25, -0.2) is 9.97 Å². The van der Waals surface area contributed by atoms with Crippen LogP contribution in [0, 0.1) is 0 Å². The Labute approximate surface area is 200 Å². The fourth-order valence-electron chi connectivity index (χ4n) is 2.94. The Hall–Kier alpha value is -1.94. The summed E-state index contributed by atoms with van der Waals surface area (Å²) in [6.07, 6.45) is 2.76. The van der Waals surface area contributed by atoms with E-state index in [4.69, 9.17) is 4.98 Å². The minimum Gasteiger partial charge on any atom is -0.356 e. The van der Waals surface area contributed by atoms with Crippen molar-refractivity contribution in [1.82, 2.24) is 25.2 Å². The minimum absolute atomic E-state index is 0. The van der Waals surface area contributed by atoms with Crippen LogP contribution in [0.25, 0.3) is 11.3 Å². The molecular formula is C22H31IN6S. The summed E-state index contributed by atoms with van der Waals surface area (Å²) in [5.41, 5.74) is 3.41. The molecule has 0 amide bonds. The molecule has 3 rings (SSSR count). The molecule has 0 saturated heterocycles. The highest BCUT2D eigenvalue weighted by molar-refractivity contribution is 14.0. The van der Waals surface area contributed by atoms with Crippen molar-refractivity contribution in [1.29, 1.82) is 0 Å². The first kappa shape index (κ1) is 24.3. The maximum atomic E-state index is 4.76. The van der Waals surface area contributed by atoms with Crippen molar-refractivity contribution in [2.24, 2.45) is 4.99 Å². The van der Waals surface area contributed by atoms with Crippen LogP contribution in [0.4, 0.5) is 0 Å². The number of aromatic nitrogens is 3. The molecule has 3 aromatic rings. The highest BCUT2D eigenvalue weighted by Crippen LogP contribution is 2.24. The fraction of sp³-hybridized carbons (Fsp3) is 0.409. The van der Waals surface area contributed by atoms with Gasteiger partial charge in [0.1, 0.15) is 5.82 Å². The maximum absolute atomic E-state index is 4.76. The zero-order chi connectivity index (χ0) is 20.9. The van der Waals surface area contributed by atoms with E-state index >= 15 is 0 Å². The molecule has 0 atom stereocenters. The average Bonchev–Trinajstić information content (AvgIpc) is 3.35. The zero-order valence-corrected chi connectivity index (χ0v) is 21.4. The highest BCUT2D eigenvalue weighted by Gasteiger charge is 2.17. The number of H-pyrrole nitrogens is 1. The molecule has 0 saturated carbocycles. The van der Waals surface area contributed by atoms with Crippen molar-refractivity contribution in [3.63, 3.8) is 0 Å². The van der Waals surface area contributed by atoms with E-state index in [1.165, 1.54) is 0 Å². The fourth-order valence-corrected chi connectivity index (χ4v) is 3.97. The van der Waals surface area contributed by atoms with Crippen LogP contribution in [0.5, 0.6) is 0 Å². The van der Waals surface area contributed by atoms with Gasteiger partial charge in [-0.15, -0.1) is 35.3 Å². The van der Waals surface area contributed by atoms with E-state index in [0.717, 1.165) is 46.7 Å². The summed E-state index contributed by atoms with van der Waals surface area (Å²) in [4.78, 5) is 19.1. The predicted molar refractivity (Wildman–Crippen MR) is 137 cm³/mol. The number of guanidine groups is 1. The van der Waals surface area contributed by atoms with Gasteiger partial charge in [-0.05, 0) is 5.56 Å². The number of halogens is 1. The van der Waals surface area contributed by atoms with Crippen molar-refractivity contribution >= 4 is 41.3 Å². The third-order valence-electron chi connectivity index (χ3n) is 4.62. The Kier molecular flexibility index (Phi) is 8.84. The molecule has 0 spiro atoms. The van der Waals surface area contributed by atoms with Crippen molar-refractivity contribution in [3.8, 4) is 11.3 Å². The number of hydrogen-bond donors (Lipinski definition) is 2. The van der Waals surface area contributed by atoms with Crippen LogP contribution >= 0.6 is 35.3 Å². The summed E-state index contributed by atoms with van der Waals surface area (Å²) in [5.74, 6) is 1.75. The van der Waals surface area contributed by atoms with E-state index in [-0.39, 0.29) is 29.4 Å². The molecule has 2 heterocycles. The molecule has 8 heteroatoms. The summed E-state index contributed by atoms with van der Waals surface area (Å²) in [6.45, 7) is 8.02. The Morgan fingerprint density at radius 3 is 2.60 bits per heavy atom. The second-order valence-corrected chi connectivity index (χ2v) is 9.01. The van der Waals surface area contributed by atoms with Gasteiger partial charge in [0.2, 0.25) is 0 Å². The lowest BCUT2D eigenvalue weighted by Gasteiger charge is -2.21. The monoisotopic (exact) mass is 538 g/mol. The van der Waals surface area contributed by atoms with Gasteiger partial charge >= 0.3 is 0 Å². The number of nitrogens with zero attached hydrogens (tertiary/aromatic N) is 4. The number of rotatable bonds is 6. The van der Waals surface area contributed by atoms with Gasteiger partial charge in [-0.3, -0.25) is 4.99 Å². The van der Waals surface area contributed by atoms with E-state index in [1.807, 2.05) is 31.4 Å². The van der Waals surface area contributed by atoms with Gasteiger partial charge in [0.25, 0.3) is 0 Å². The van der Waals surface area contributed by atoms with Gasteiger partial charge in [0, 0.05) is 37.9 Å². The lowest BCUT2D eigenvalue weighted by molar-refractivity contribution is 0.464. The molecule has 0 fully saturated rings. The molecule has 0 bridgehead atoms. The zero-order valence-electron chi connectivity index (χ0n) is 18.3. The van der Waals surface area contributed by atoms with Gasteiger partial charge < -0.3 is 15.2 Å². The molecular weight excluding hydrogens is 507 g/mol. The Balaban J connectivity index is 0.00000320. The number of benzene rings is 1. The molecule has 30 heavy (non-hydrogen) atoms. The largest absolute Gasteiger partial charge is 0.356 e.